The van der Waals surface area contributed by atoms with Crippen LogP contribution in [0.4, 0.5) is 11.6 Å². The van der Waals surface area contributed by atoms with Gasteiger partial charge >= 0.3 is 5.97 Å². The van der Waals surface area contributed by atoms with Crippen molar-refractivity contribution in [3.05, 3.63) is 44.6 Å². The molecule has 0 saturated carbocycles. The summed E-state index contributed by atoms with van der Waals surface area (Å²) in [4.78, 5) is 23.9. The molecule has 0 radical (unpaired) electrons. The molecule has 4 heterocycles. The molecule has 0 aliphatic carbocycles. The van der Waals surface area contributed by atoms with Crippen LogP contribution < -0.4 is 9.80 Å². The highest BCUT2D eigenvalue weighted by atomic mass is 35.5. The number of aliphatic hydroxyl groups is 1. The van der Waals surface area contributed by atoms with Crippen LogP contribution in [0.2, 0.25) is 20.4 Å². The Morgan fingerprint density at radius 1 is 0.969 bits per heavy atom. The third kappa shape index (κ3) is 5.88. The van der Waals surface area contributed by atoms with Crippen molar-refractivity contribution < 1.29 is 14.6 Å². The molecule has 2 fully saturated rings. The van der Waals surface area contributed by atoms with E-state index in [2.05, 4.69) is 14.9 Å². The molecule has 2 atom stereocenters. The predicted octanol–water partition coefficient (Wildman–Crippen LogP) is 4.88. The summed E-state index contributed by atoms with van der Waals surface area (Å²) in [5, 5.41) is 10.6. The summed E-state index contributed by atoms with van der Waals surface area (Å²) in [5.41, 5.74) is 0. The Morgan fingerprint density at radius 3 is 2.03 bits per heavy atom. The van der Waals surface area contributed by atoms with Crippen LogP contribution in [-0.2, 0) is 9.53 Å². The van der Waals surface area contributed by atoms with Gasteiger partial charge in [0.15, 0.2) is 0 Å². The van der Waals surface area contributed by atoms with Crippen LogP contribution in [0, 0.1) is 0 Å². The maximum Gasteiger partial charge on any atom is 0.328 e. The second-order valence-corrected chi connectivity index (χ2v) is 8.96. The van der Waals surface area contributed by atoms with Gasteiger partial charge in [-0.3, -0.25) is 0 Å². The van der Waals surface area contributed by atoms with Crippen LogP contribution in [0.15, 0.2) is 24.3 Å². The van der Waals surface area contributed by atoms with Crippen LogP contribution in [0.1, 0.15) is 25.7 Å². The number of carbonyl (C=O) groups is 1. The third-order valence-corrected chi connectivity index (χ3v) is 6.86. The third-order valence-electron chi connectivity index (χ3n) is 5.48. The van der Waals surface area contributed by atoms with Crippen molar-refractivity contribution in [3.63, 3.8) is 0 Å². The Labute approximate surface area is 207 Å². The first-order chi connectivity index (χ1) is 15.3. The number of aromatic nitrogens is 2. The van der Waals surface area contributed by atoms with Crippen molar-refractivity contribution in [2.24, 2.45) is 0 Å². The van der Waals surface area contributed by atoms with E-state index in [-0.39, 0.29) is 29.8 Å². The number of pyridine rings is 2. The molecule has 2 unspecified atom stereocenters. The van der Waals surface area contributed by atoms with Crippen molar-refractivity contribution >= 4 is 64.0 Å². The molecule has 32 heavy (non-hydrogen) atoms. The number of hydrogen-bond acceptors (Lipinski definition) is 7. The van der Waals surface area contributed by atoms with E-state index in [1.807, 2.05) is 11.0 Å². The van der Waals surface area contributed by atoms with E-state index in [0.717, 1.165) is 44.6 Å². The quantitative estimate of drug-likeness (QED) is 0.453. The summed E-state index contributed by atoms with van der Waals surface area (Å²) >= 11 is 23.3. The lowest BCUT2D eigenvalue weighted by molar-refractivity contribution is -0.141. The fourth-order valence-electron chi connectivity index (χ4n) is 3.88. The number of carbonyl (C=O) groups excluding carboxylic acids is 1. The van der Waals surface area contributed by atoms with E-state index in [1.54, 1.807) is 18.2 Å². The van der Waals surface area contributed by atoms with E-state index < -0.39 is 0 Å². The van der Waals surface area contributed by atoms with Gasteiger partial charge in [0.1, 0.15) is 28.0 Å². The number of methoxy groups -OCH3 is 1. The largest absolute Gasteiger partial charge is 0.467 e. The van der Waals surface area contributed by atoms with Gasteiger partial charge < -0.3 is 19.6 Å². The van der Waals surface area contributed by atoms with Crippen LogP contribution in [0.5, 0.6) is 0 Å². The van der Waals surface area contributed by atoms with Gasteiger partial charge in [0.2, 0.25) is 0 Å². The number of esters is 1. The molecule has 1 N–H and O–H groups in total. The van der Waals surface area contributed by atoms with Gasteiger partial charge in [-0.1, -0.05) is 46.4 Å². The molecular weight excluding hydrogens is 498 g/mol. The van der Waals surface area contributed by atoms with Crippen molar-refractivity contribution in [3.8, 4) is 0 Å². The normalized spacial score (nSPS) is 20.2. The lowest BCUT2D eigenvalue weighted by Gasteiger charge is -2.24. The smallest absolute Gasteiger partial charge is 0.328 e. The first-order valence-corrected chi connectivity index (χ1v) is 11.7. The summed E-state index contributed by atoms with van der Waals surface area (Å²) in [6.07, 6.45) is 3.78. The summed E-state index contributed by atoms with van der Waals surface area (Å²) in [6.45, 7) is 1.84. The Hall–Kier alpha value is -1.51. The van der Waals surface area contributed by atoms with Crippen LogP contribution >= 0.6 is 46.4 Å². The standard InChI is InChI=1S/C11H12Cl2N2O2.C10H12Cl2N2O/c1-17-11(16)8-3-2-6-15(8)9-5-4-7(12)10(13)14-9;11-8-3-4-9(13-10(8)12)14-5-1-2-7(14)6-15/h4-5,8H,2-3,6H2,1H3;3-4,7,15H,1-2,5-6H2. The molecule has 2 aromatic rings. The first kappa shape index (κ1) is 25.1. The monoisotopic (exact) mass is 520 g/mol. The summed E-state index contributed by atoms with van der Waals surface area (Å²) in [6, 6.07) is 6.90. The molecule has 0 aromatic carbocycles. The van der Waals surface area contributed by atoms with E-state index in [0.29, 0.717) is 21.0 Å². The van der Waals surface area contributed by atoms with Gasteiger partial charge in [0, 0.05) is 13.1 Å². The van der Waals surface area contributed by atoms with Gasteiger partial charge in [-0.2, -0.15) is 0 Å². The first-order valence-electron chi connectivity index (χ1n) is 10.2. The van der Waals surface area contributed by atoms with Gasteiger partial charge in [0.25, 0.3) is 0 Å². The highest BCUT2D eigenvalue weighted by molar-refractivity contribution is 6.41. The van der Waals surface area contributed by atoms with E-state index >= 15 is 0 Å². The summed E-state index contributed by atoms with van der Waals surface area (Å²) < 4.78 is 4.77. The predicted molar refractivity (Wildman–Crippen MR) is 128 cm³/mol. The number of rotatable bonds is 4. The topological polar surface area (TPSA) is 78.8 Å². The minimum atomic E-state index is -0.273. The fourth-order valence-corrected chi connectivity index (χ4v) is 4.39. The van der Waals surface area contributed by atoms with Crippen molar-refractivity contribution in [1.29, 1.82) is 0 Å². The zero-order valence-electron chi connectivity index (χ0n) is 17.5. The second kappa shape index (κ2) is 11.6. The number of halogens is 4. The van der Waals surface area contributed by atoms with Crippen molar-refractivity contribution in [1.82, 2.24) is 9.97 Å². The second-order valence-electron chi connectivity index (χ2n) is 7.43. The Balaban J connectivity index is 0.000000182. The van der Waals surface area contributed by atoms with Gasteiger partial charge in [0.05, 0.1) is 29.8 Å². The van der Waals surface area contributed by atoms with Crippen molar-refractivity contribution in [2.75, 3.05) is 36.6 Å². The zero-order valence-corrected chi connectivity index (χ0v) is 20.5. The number of nitrogens with zero attached hydrogens (tertiary/aromatic N) is 4. The molecule has 0 bridgehead atoms. The Kier molecular flexibility index (Phi) is 9.08. The molecule has 174 valence electrons. The number of anilines is 2. The average molecular weight is 522 g/mol. The average Bonchev–Trinajstić information content (AvgIpc) is 3.47. The van der Waals surface area contributed by atoms with Crippen LogP contribution in [0.3, 0.4) is 0 Å². The molecule has 2 saturated heterocycles. The zero-order chi connectivity index (χ0) is 23.3. The minimum absolute atomic E-state index is 0.155. The highest BCUT2D eigenvalue weighted by Crippen LogP contribution is 2.29. The SMILES string of the molecule is COC(=O)C1CCCN1c1ccc(Cl)c(Cl)n1.OCC1CCCN1c1ccc(Cl)c(Cl)n1. The van der Waals surface area contributed by atoms with E-state index in [9.17, 15) is 9.90 Å². The van der Waals surface area contributed by atoms with E-state index in [4.69, 9.17) is 51.1 Å². The molecule has 2 aliphatic rings. The van der Waals surface area contributed by atoms with E-state index in [1.165, 1.54) is 7.11 Å². The molecule has 2 aromatic heterocycles. The molecule has 2 aliphatic heterocycles. The summed E-state index contributed by atoms with van der Waals surface area (Å²) in [7, 11) is 1.39. The number of ether oxygens (including phenoxy) is 1. The van der Waals surface area contributed by atoms with Crippen LogP contribution in [-0.4, -0.2) is 59.9 Å². The molecule has 11 heteroatoms. The Bertz CT molecular complexity index is 949. The maximum absolute atomic E-state index is 11.6. The van der Waals surface area contributed by atoms with Crippen LogP contribution in [0.25, 0.3) is 0 Å². The molecule has 0 amide bonds. The molecule has 4 rings (SSSR count). The minimum Gasteiger partial charge on any atom is -0.467 e. The summed E-state index contributed by atoms with van der Waals surface area (Å²) in [5.74, 6) is 1.21. The fraction of sp³-hybridized carbons (Fsp3) is 0.476. The lowest BCUT2D eigenvalue weighted by atomic mass is 10.2. The maximum atomic E-state index is 11.6. The van der Waals surface area contributed by atoms with Crippen molar-refractivity contribution in [2.45, 2.75) is 37.8 Å². The highest BCUT2D eigenvalue weighted by Gasteiger charge is 2.32. The molecule has 0 spiro atoms. The number of aliphatic hydroxyl groups excluding tert-OH is 1. The Morgan fingerprint density at radius 2 is 1.50 bits per heavy atom. The lowest BCUT2D eigenvalue weighted by Crippen LogP contribution is -2.37. The molecular formula is C21H24Cl4N4O3. The molecule has 7 nitrogen and oxygen atoms in total. The van der Waals surface area contributed by atoms with Gasteiger partial charge in [-0.25, -0.2) is 14.8 Å². The van der Waals surface area contributed by atoms with Gasteiger partial charge in [-0.15, -0.1) is 0 Å². The number of hydrogen-bond donors (Lipinski definition) is 1. The van der Waals surface area contributed by atoms with Gasteiger partial charge in [-0.05, 0) is 49.9 Å².